The summed E-state index contributed by atoms with van der Waals surface area (Å²) in [5.41, 5.74) is 3.27. The second-order valence-corrected chi connectivity index (χ2v) is 4.73. The van der Waals surface area contributed by atoms with Gasteiger partial charge in [0.2, 0.25) is 0 Å². The summed E-state index contributed by atoms with van der Waals surface area (Å²) in [5, 5.41) is 11.4. The molecule has 1 amide bonds. The van der Waals surface area contributed by atoms with Crippen molar-refractivity contribution in [2.24, 2.45) is 0 Å². The van der Waals surface area contributed by atoms with Crippen LogP contribution in [0.5, 0.6) is 0 Å². The van der Waals surface area contributed by atoms with Crippen molar-refractivity contribution in [2.45, 2.75) is 0 Å². The molecule has 0 aliphatic carbocycles. The smallest absolute Gasteiger partial charge is 0.296 e. The minimum absolute atomic E-state index is 0.400. The Labute approximate surface area is 121 Å². The van der Waals surface area contributed by atoms with Crippen LogP contribution in [-0.4, -0.2) is 18.7 Å². The number of nitriles is 1. The largest absolute Gasteiger partial charge is 0.345 e. The molecule has 0 saturated heterocycles. The number of fused-ring (bicyclic) bond motifs is 1. The van der Waals surface area contributed by atoms with Crippen LogP contribution in [-0.2, 0) is 4.79 Å². The predicted molar refractivity (Wildman–Crippen MR) is 78.6 cm³/mol. The Morgan fingerprint density at radius 1 is 1.05 bits per heavy atom. The first kappa shape index (κ1) is 12.9. The number of nitrogens with zero attached hydrogens (tertiary/aromatic N) is 2. The van der Waals surface area contributed by atoms with Gasteiger partial charge in [-0.05, 0) is 42.5 Å². The maximum Gasteiger partial charge on any atom is 0.296 e. The summed E-state index contributed by atoms with van der Waals surface area (Å²) in [6, 6.07) is 14.4. The fraction of sp³-hybridized carbons (Fsp3) is 0.0625. The lowest BCUT2D eigenvalue weighted by molar-refractivity contribution is -0.112. The van der Waals surface area contributed by atoms with Crippen molar-refractivity contribution in [1.82, 2.24) is 0 Å². The molecule has 0 spiro atoms. The highest BCUT2D eigenvalue weighted by Crippen LogP contribution is 2.31. The number of anilines is 3. The number of hydrogen-bond acceptors (Lipinski definition) is 4. The van der Waals surface area contributed by atoms with Crippen LogP contribution in [0.15, 0.2) is 42.5 Å². The third-order valence-corrected chi connectivity index (χ3v) is 3.47. The molecule has 1 heterocycles. The van der Waals surface area contributed by atoms with Crippen LogP contribution in [0.3, 0.4) is 0 Å². The first-order valence-electron chi connectivity index (χ1n) is 6.34. The van der Waals surface area contributed by atoms with Gasteiger partial charge in [-0.25, -0.2) is 0 Å². The van der Waals surface area contributed by atoms with Crippen LogP contribution in [0, 0.1) is 11.3 Å². The zero-order valence-electron chi connectivity index (χ0n) is 11.3. The SMILES string of the molecule is CN(c1ccc(C#N)cc1)c1ccc2c(c1)NC(=O)C2=O. The molecule has 102 valence electrons. The zero-order valence-corrected chi connectivity index (χ0v) is 11.3. The van der Waals surface area contributed by atoms with Crippen LogP contribution < -0.4 is 10.2 Å². The lowest BCUT2D eigenvalue weighted by atomic mass is 10.1. The van der Waals surface area contributed by atoms with Crippen LogP contribution in [0.4, 0.5) is 17.1 Å². The molecule has 0 bridgehead atoms. The standard InChI is InChI=1S/C16H11N3O2/c1-19(11-4-2-10(9-17)3-5-11)12-6-7-13-14(8-12)18-16(21)15(13)20/h2-8H,1H3,(H,18,20,21). The Morgan fingerprint density at radius 2 is 1.71 bits per heavy atom. The lowest BCUT2D eigenvalue weighted by Crippen LogP contribution is -2.12. The summed E-state index contributed by atoms with van der Waals surface area (Å²) in [7, 11) is 1.88. The number of carbonyl (C=O) groups is 2. The van der Waals surface area contributed by atoms with Crippen molar-refractivity contribution in [1.29, 1.82) is 5.26 Å². The second-order valence-electron chi connectivity index (χ2n) is 4.73. The van der Waals surface area contributed by atoms with E-state index in [0.29, 0.717) is 16.8 Å². The third kappa shape index (κ3) is 2.13. The van der Waals surface area contributed by atoms with Crippen LogP contribution in [0.2, 0.25) is 0 Å². The maximum absolute atomic E-state index is 11.6. The summed E-state index contributed by atoms with van der Waals surface area (Å²) >= 11 is 0. The van der Waals surface area contributed by atoms with Crippen LogP contribution in [0.1, 0.15) is 15.9 Å². The molecule has 5 heteroatoms. The molecule has 0 unspecified atom stereocenters. The highest BCUT2D eigenvalue weighted by Gasteiger charge is 2.28. The van der Waals surface area contributed by atoms with E-state index < -0.39 is 11.7 Å². The zero-order chi connectivity index (χ0) is 15.0. The number of amides is 1. The molecule has 0 radical (unpaired) electrons. The predicted octanol–water partition coefficient (Wildman–Crippen LogP) is 2.46. The van der Waals surface area contributed by atoms with E-state index in [9.17, 15) is 9.59 Å². The Bertz CT molecular complexity index is 788. The minimum Gasteiger partial charge on any atom is -0.345 e. The number of ketones is 1. The van der Waals surface area contributed by atoms with Crippen LogP contribution in [0.25, 0.3) is 0 Å². The summed E-state index contributed by atoms with van der Waals surface area (Å²) in [4.78, 5) is 24.8. The van der Waals surface area contributed by atoms with Gasteiger partial charge in [0, 0.05) is 18.4 Å². The number of rotatable bonds is 2. The molecule has 2 aromatic carbocycles. The van der Waals surface area contributed by atoms with E-state index in [1.165, 1.54) is 0 Å². The molecule has 5 nitrogen and oxygen atoms in total. The Kier molecular flexibility index (Phi) is 2.92. The summed E-state index contributed by atoms with van der Waals surface area (Å²) in [6.07, 6.45) is 0. The Morgan fingerprint density at radius 3 is 2.38 bits per heavy atom. The summed E-state index contributed by atoms with van der Waals surface area (Å²) < 4.78 is 0. The molecule has 1 N–H and O–H groups in total. The quantitative estimate of drug-likeness (QED) is 0.856. The van der Waals surface area contributed by atoms with E-state index in [1.54, 1.807) is 30.3 Å². The minimum atomic E-state index is -0.594. The van der Waals surface area contributed by atoms with E-state index in [4.69, 9.17) is 5.26 Å². The monoisotopic (exact) mass is 277 g/mol. The maximum atomic E-state index is 11.6. The van der Waals surface area contributed by atoms with E-state index in [0.717, 1.165) is 11.4 Å². The van der Waals surface area contributed by atoms with Gasteiger partial charge in [0.15, 0.2) is 0 Å². The van der Waals surface area contributed by atoms with Crippen molar-refractivity contribution in [2.75, 3.05) is 17.3 Å². The fourth-order valence-electron chi connectivity index (χ4n) is 2.25. The van der Waals surface area contributed by atoms with E-state index >= 15 is 0 Å². The van der Waals surface area contributed by atoms with Gasteiger partial charge in [-0.1, -0.05) is 0 Å². The molecule has 0 fully saturated rings. The fourth-order valence-corrected chi connectivity index (χ4v) is 2.25. The Balaban J connectivity index is 1.94. The number of hydrogen-bond donors (Lipinski definition) is 1. The highest BCUT2D eigenvalue weighted by molar-refractivity contribution is 6.51. The first-order chi connectivity index (χ1) is 10.1. The van der Waals surface area contributed by atoms with Gasteiger partial charge in [0.25, 0.3) is 11.7 Å². The van der Waals surface area contributed by atoms with Crippen molar-refractivity contribution >= 4 is 28.8 Å². The summed E-state index contributed by atoms with van der Waals surface area (Å²) in [5.74, 6) is -1.10. The average Bonchev–Trinajstić information content (AvgIpc) is 2.81. The van der Waals surface area contributed by atoms with Gasteiger partial charge in [0.05, 0.1) is 22.9 Å². The summed E-state index contributed by atoms with van der Waals surface area (Å²) in [6.45, 7) is 0. The van der Waals surface area contributed by atoms with Crippen molar-refractivity contribution in [3.63, 3.8) is 0 Å². The van der Waals surface area contributed by atoms with Gasteiger partial charge in [-0.15, -0.1) is 0 Å². The van der Waals surface area contributed by atoms with Gasteiger partial charge >= 0.3 is 0 Å². The van der Waals surface area contributed by atoms with Crippen molar-refractivity contribution in [3.8, 4) is 6.07 Å². The topological polar surface area (TPSA) is 73.2 Å². The number of carbonyl (C=O) groups excluding carboxylic acids is 2. The molecule has 2 aromatic rings. The van der Waals surface area contributed by atoms with Crippen LogP contribution >= 0.6 is 0 Å². The van der Waals surface area contributed by atoms with Gasteiger partial charge in [0.1, 0.15) is 0 Å². The average molecular weight is 277 g/mol. The van der Waals surface area contributed by atoms with E-state index in [-0.39, 0.29) is 0 Å². The molecular formula is C16H11N3O2. The molecular weight excluding hydrogens is 266 g/mol. The van der Waals surface area contributed by atoms with Crippen molar-refractivity contribution < 1.29 is 9.59 Å². The molecule has 21 heavy (non-hydrogen) atoms. The number of benzene rings is 2. The Hall–Kier alpha value is -3.13. The molecule has 0 aromatic heterocycles. The van der Waals surface area contributed by atoms with Gasteiger partial charge < -0.3 is 10.2 Å². The molecule has 1 aliphatic rings. The highest BCUT2D eigenvalue weighted by atomic mass is 16.2. The van der Waals surface area contributed by atoms with Gasteiger partial charge in [-0.2, -0.15) is 5.26 Å². The lowest BCUT2D eigenvalue weighted by Gasteiger charge is -2.20. The van der Waals surface area contributed by atoms with Crippen molar-refractivity contribution in [3.05, 3.63) is 53.6 Å². The molecule has 1 aliphatic heterocycles. The molecule has 3 rings (SSSR count). The van der Waals surface area contributed by atoms with E-state index in [2.05, 4.69) is 11.4 Å². The second kappa shape index (κ2) is 4.76. The number of Topliss-reactive ketones (excluding diaryl/α,β-unsaturated/α-hetero) is 1. The molecule has 0 saturated carbocycles. The van der Waals surface area contributed by atoms with Gasteiger partial charge in [-0.3, -0.25) is 9.59 Å². The van der Waals surface area contributed by atoms with E-state index in [1.807, 2.05) is 24.1 Å². The first-order valence-corrected chi connectivity index (χ1v) is 6.34. The third-order valence-electron chi connectivity index (χ3n) is 3.47. The molecule has 0 atom stereocenters. The normalized spacial score (nSPS) is 12.6. The number of nitrogens with one attached hydrogen (secondary N) is 1.